The maximum Gasteiger partial charge on any atom is 0.0814 e. The Labute approximate surface area is 300 Å². The highest BCUT2D eigenvalue weighted by molar-refractivity contribution is 6.31. The fraction of sp³-hybridized carbons (Fsp3) is 0.0455. The van der Waals surface area contributed by atoms with E-state index in [-0.39, 0.29) is 12.0 Å². The number of nitrogens with one attached hydrogen (secondary N) is 2. The van der Waals surface area contributed by atoms with Crippen LogP contribution in [0.15, 0.2) is 161 Å². The van der Waals surface area contributed by atoms with E-state index < -0.39 is 0 Å². The molecule has 10 N–H and O–H groups in total. The lowest BCUT2D eigenvalue weighted by Gasteiger charge is -2.21. The van der Waals surface area contributed by atoms with Gasteiger partial charge in [0.2, 0.25) is 0 Å². The molecule has 0 fully saturated rings. The molecule has 2 unspecified atom stereocenters. The highest BCUT2D eigenvalue weighted by Crippen LogP contribution is 2.37. The maximum atomic E-state index is 6.16. The molecule has 0 aliphatic carbocycles. The van der Waals surface area contributed by atoms with E-state index in [4.69, 9.17) is 32.9 Å². The fourth-order valence-corrected chi connectivity index (χ4v) is 7.37. The first-order valence-electron chi connectivity index (χ1n) is 17.2. The van der Waals surface area contributed by atoms with Gasteiger partial charge in [0.15, 0.2) is 0 Å². The number of H-pyrrole nitrogens is 2. The van der Waals surface area contributed by atoms with Gasteiger partial charge in [-0.15, -0.1) is 0 Å². The molecule has 8 nitrogen and oxygen atoms in total. The van der Waals surface area contributed by atoms with E-state index in [0.717, 1.165) is 78.2 Å². The Morgan fingerprint density at radius 3 is 1.56 bits per heavy atom. The SMILES string of the molecule is Nc1ccc(/C2=C3\C=CC(=N3)/C(c3ccc(N)cc3)=c3/cc/c([nH]3)=C(\c3ccc(N)cc3)C3=NC(C=C3)C(c3ccc(N)cc3)c3ccc2[nH]3)cc1. The first-order valence-corrected chi connectivity index (χ1v) is 17.2. The van der Waals surface area contributed by atoms with Crippen LogP contribution in [0, 0.1) is 0 Å². The number of aromatic nitrogens is 2. The molecule has 0 saturated heterocycles. The summed E-state index contributed by atoms with van der Waals surface area (Å²) in [5.74, 6) is -0.121. The van der Waals surface area contributed by atoms with Gasteiger partial charge < -0.3 is 32.9 Å². The van der Waals surface area contributed by atoms with Gasteiger partial charge in [-0.25, -0.2) is 4.99 Å². The maximum absolute atomic E-state index is 6.16. The van der Waals surface area contributed by atoms with E-state index >= 15 is 0 Å². The quantitative estimate of drug-likeness (QED) is 0.125. The number of benzene rings is 4. The summed E-state index contributed by atoms with van der Waals surface area (Å²) in [4.78, 5) is 18.4. The molecule has 4 aromatic carbocycles. The van der Waals surface area contributed by atoms with E-state index in [1.165, 1.54) is 0 Å². The summed E-state index contributed by atoms with van der Waals surface area (Å²) >= 11 is 0. The second-order valence-electron chi connectivity index (χ2n) is 13.3. The Bertz CT molecular complexity index is 2630. The number of aliphatic imine (C=N–C) groups is 2. The zero-order valence-corrected chi connectivity index (χ0v) is 28.2. The van der Waals surface area contributed by atoms with Gasteiger partial charge in [0.25, 0.3) is 0 Å². The molecular weight excluding hydrogens is 641 g/mol. The zero-order valence-electron chi connectivity index (χ0n) is 28.2. The number of aromatic amines is 2. The topological polar surface area (TPSA) is 160 Å². The number of allylic oxidation sites excluding steroid dienone is 3. The number of hydrogen-bond acceptors (Lipinski definition) is 6. The molecule has 3 aliphatic heterocycles. The van der Waals surface area contributed by atoms with Crippen molar-refractivity contribution in [2.24, 2.45) is 9.98 Å². The number of fused-ring (bicyclic) bond motifs is 6. The van der Waals surface area contributed by atoms with Crippen molar-refractivity contribution in [2.75, 3.05) is 22.9 Å². The van der Waals surface area contributed by atoms with Gasteiger partial charge in [0.1, 0.15) is 0 Å². The van der Waals surface area contributed by atoms with Crippen LogP contribution in [0.2, 0.25) is 0 Å². The number of nitrogens with zero attached hydrogens (tertiary/aromatic N) is 2. The van der Waals surface area contributed by atoms with E-state index in [1.54, 1.807) is 0 Å². The van der Waals surface area contributed by atoms with Crippen LogP contribution in [0.1, 0.15) is 39.6 Å². The Kier molecular flexibility index (Phi) is 7.36. The van der Waals surface area contributed by atoms with Crippen LogP contribution in [-0.4, -0.2) is 27.4 Å². The lowest BCUT2D eigenvalue weighted by Crippen LogP contribution is -2.21. The normalized spacial score (nSPS) is 21.3. The summed E-state index contributed by atoms with van der Waals surface area (Å²) < 4.78 is 0. The summed E-state index contributed by atoms with van der Waals surface area (Å²) in [6.07, 6.45) is 8.49. The number of hydrogen-bond donors (Lipinski definition) is 6. The van der Waals surface area contributed by atoms with Gasteiger partial charge in [0, 0.05) is 61.6 Å². The Morgan fingerprint density at radius 2 is 0.981 bits per heavy atom. The van der Waals surface area contributed by atoms with Crippen LogP contribution in [0.3, 0.4) is 0 Å². The van der Waals surface area contributed by atoms with E-state index in [1.807, 2.05) is 84.9 Å². The van der Waals surface area contributed by atoms with E-state index in [0.29, 0.717) is 22.7 Å². The van der Waals surface area contributed by atoms with Crippen molar-refractivity contribution in [1.29, 1.82) is 0 Å². The van der Waals surface area contributed by atoms with Gasteiger partial charge in [-0.05, 0) is 113 Å². The fourth-order valence-electron chi connectivity index (χ4n) is 7.37. The van der Waals surface area contributed by atoms with Gasteiger partial charge in [-0.1, -0.05) is 54.6 Å². The third-order valence-corrected chi connectivity index (χ3v) is 9.92. The summed E-state index contributed by atoms with van der Waals surface area (Å²) in [5.41, 5.74) is 38.9. The van der Waals surface area contributed by atoms with Crippen molar-refractivity contribution in [2.45, 2.75) is 12.0 Å². The highest BCUT2D eigenvalue weighted by atomic mass is 14.9. The zero-order chi connectivity index (χ0) is 35.3. The molecule has 0 radical (unpaired) electrons. The Balaban J connectivity index is 1.37. The molecule has 2 atom stereocenters. The molecule has 8 bridgehead atoms. The first-order chi connectivity index (χ1) is 25.4. The number of nitrogen functional groups attached to an aromatic ring is 4. The Morgan fingerprint density at radius 1 is 0.462 bits per heavy atom. The molecule has 5 heterocycles. The Hall–Kier alpha value is -7.06. The van der Waals surface area contributed by atoms with E-state index in [2.05, 4.69) is 70.7 Å². The minimum Gasteiger partial charge on any atom is -0.399 e. The molecule has 0 amide bonds. The molecule has 0 spiro atoms. The average Bonchev–Trinajstić information content (AvgIpc) is 3.99. The minimum atomic E-state index is -0.197. The first kappa shape index (κ1) is 31.0. The molecule has 252 valence electrons. The number of nitrogens with two attached hydrogens (primary N) is 4. The molecule has 52 heavy (non-hydrogen) atoms. The second kappa shape index (κ2) is 12.4. The van der Waals surface area contributed by atoms with Crippen molar-refractivity contribution in [3.05, 3.63) is 196 Å². The largest absolute Gasteiger partial charge is 0.399 e. The van der Waals surface area contributed by atoms with Crippen LogP contribution in [0.25, 0.3) is 16.7 Å². The number of anilines is 4. The summed E-state index contributed by atoms with van der Waals surface area (Å²) in [6, 6.07) is 40.2. The van der Waals surface area contributed by atoms with Crippen molar-refractivity contribution in [3.63, 3.8) is 0 Å². The summed E-state index contributed by atoms with van der Waals surface area (Å²) in [7, 11) is 0. The summed E-state index contributed by atoms with van der Waals surface area (Å²) in [6.45, 7) is 0. The van der Waals surface area contributed by atoms with Crippen LogP contribution in [-0.2, 0) is 0 Å². The summed E-state index contributed by atoms with van der Waals surface area (Å²) in [5, 5.41) is 1.84. The lowest BCUT2D eigenvalue weighted by atomic mass is 9.89. The third kappa shape index (κ3) is 5.52. The molecular formula is C44H36N8. The van der Waals surface area contributed by atoms with Gasteiger partial charge >= 0.3 is 0 Å². The number of rotatable bonds is 4. The minimum absolute atomic E-state index is 0.121. The van der Waals surface area contributed by atoms with Crippen molar-refractivity contribution < 1.29 is 0 Å². The standard InChI is InChI=1S/C44H36N8/c45-29-9-1-25(2-10-29)41-33-17-19-35(49-33)42(26-3-11-30(46)12-4-26)37-21-23-39(51-37)44(28-7-15-32(48)16-8-28)40-24-22-38(52-40)43(36-20-18-34(41)50-36)27-5-13-31(47)14-6-27/h1-24,33,41,50-51H,45-48H2/b42-37-,43-38-,44-39-. The predicted molar refractivity (Wildman–Crippen MR) is 214 cm³/mol. The second-order valence-corrected chi connectivity index (χ2v) is 13.3. The molecule has 9 rings (SSSR count). The van der Waals surface area contributed by atoms with Crippen LogP contribution in [0.4, 0.5) is 22.7 Å². The van der Waals surface area contributed by atoms with Gasteiger partial charge in [-0.3, -0.25) is 4.99 Å². The molecule has 0 saturated carbocycles. The van der Waals surface area contributed by atoms with Crippen LogP contribution >= 0.6 is 0 Å². The van der Waals surface area contributed by atoms with Crippen molar-refractivity contribution in [3.8, 4) is 0 Å². The molecule has 2 aromatic heterocycles. The highest BCUT2D eigenvalue weighted by Gasteiger charge is 2.29. The van der Waals surface area contributed by atoms with Gasteiger partial charge in [0.05, 0.1) is 29.1 Å². The van der Waals surface area contributed by atoms with Crippen molar-refractivity contribution >= 4 is 50.9 Å². The third-order valence-electron chi connectivity index (χ3n) is 9.92. The van der Waals surface area contributed by atoms with Gasteiger partial charge in [-0.2, -0.15) is 0 Å². The van der Waals surface area contributed by atoms with Crippen molar-refractivity contribution in [1.82, 2.24) is 9.97 Å². The average molecular weight is 677 g/mol. The van der Waals surface area contributed by atoms with Crippen LogP contribution < -0.4 is 33.6 Å². The van der Waals surface area contributed by atoms with E-state index in [9.17, 15) is 0 Å². The predicted octanol–water partition coefficient (Wildman–Crippen LogP) is 6.06. The molecule has 8 heteroatoms. The lowest BCUT2D eigenvalue weighted by molar-refractivity contribution is 0.695. The van der Waals surface area contributed by atoms with Crippen LogP contribution in [0.5, 0.6) is 0 Å². The monoisotopic (exact) mass is 676 g/mol. The molecule has 6 aromatic rings. The smallest absolute Gasteiger partial charge is 0.0814 e. The molecule has 3 aliphatic rings.